The molecule has 0 atom stereocenters. The van der Waals surface area contributed by atoms with Crippen LogP contribution in [0, 0.1) is 17.0 Å². The standard InChI is InChI=1S/C19H17N3O5S/c1-12-7-8-16(26-2)13(9-12)14-11-28-19(20-14)21-18(23)10-27-17-6-4-3-5-15(17)22(24)25/h3-9,11H,10H2,1-2H3,(H,20,21,23). The number of nitro benzene ring substituents is 1. The molecule has 1 aromatic heterocycles. The van der Waals surface area contributed by atoms with E-state index in [2.05, 4.69) is 10.3 Å². The minimum absolute atomic E-state index is 0.0342. The highest BCUT2D eigenvalue weighted by atomic mass is 32.1. The van der Waals surface area contributed by atoms with Crippen molar-refractivity contribution < 1.29 is 19.2 Å². The SMILES string of the molecule is COc1ccc(C)cc1-c1csc(NC(=O)COc2ccccc2[N+](=O)[O-])n1. The van der Waals surface area contributed by atoms with Crippen LogP contribution in [-0.4, -0.2) is 29.5 Å². The van der Waals surface area contributed by atoms with Gasteiger partial charge in [0, 0.05) is 17.0 Å². The molecule has 9 heteroatoms. The van der Waals surface area contributed by atoms with Crippen LogP contribution in [-0.2, 0) is 4.79 Å². The molecular formula is C19H17N3O5S. The van der Waals surface area contributed by atoms with Gasteiger partial charge in [-0.1, -0.05) is 23.8 Å². The topological polar surface area (TPSA) is 104 Å². The number of amides is 1. The van der Waals surface area contributed by atoms with Crippen LogP contribution < -0.4 is 14.8 Å². The number of anilines is 1. The van der Waals surface area contributed by atoms with Crippen molar-refractivity contribution in [2.24, 2.45) is 0 Å². The second-order valence-electron chi connectivity index (χ2n) is 5.80. The van der Waals surface area contributed by atoms with E-state index in [4.69, 9.17) is 9.47 Å². The lowest BCUT2D eigenvalue weighted by molar-refractivity contribution is -0.385. The summed E-state index contributed by atoms with van der Waals surface area (Å²) in [4.78, 5) is 27.0. The third kappa shape index (κ3) is 4.44. The number of nitro groups is 1. The van der Waals surface area contributed by atoms with E-state index in [9.17, 15) is 14.9 Å². The fraction of sp³-hybridized carbons (Fsp3) is 0.158. The Labute approximate surface area is 164 Å². The van der Waals surface area contributed by atoms with E-state index >= 15 is 0 Å². The number of nitrogens with one attached hydrogen (secondary N) is 1. The quantitative estimate of drug-likeness (QED) is 0.475. The Bertz CT molecular complexity index is 1020. The van der Waals surface area contributed by atoms with Gasteiger partial charge in [-0.05, 0) is 25.1 Å². The maximum absolute atomic E-state index is 12.1. The molecule has 0 aliphatic carbocycles. The van der Waals surface area contributed by atoms with Crippen LogP contribution in [0.5, 0.6) is 11.5 Å². The van der Waals surface area contributed by atoms with E-state index in [-0.39, 0.29) is 18.0 Å². The maximum Gasteiger partial charge on any atom is 0.310 e. The number of para-hydroxylation sites is 2. The molecule has 0 fully saturated rings. The first-order valence-corrected chi connectivity index (χ1v) is 9.12. The van der Waals surface area contributed by atoms with Crippen LogP contribution >= 0.6 is 11.3 Å². The normalized spacial score (nSPS) is 10.4. The average molecular weight is 399 g/mol. The predicted octanol–water partition coefficient (Wildman–Crippen LogP) is 4.05. The van der Waals surface area contributed by atoms with Gasteiger partial charge in [0.2, 0.25) is 0 Å². The third-order valence-corrected chi connectivity index (χ3v) is 4.56. The largest absolute Gasteiger partial charge is 0.496 e. The number of carbonyl (C=O) groups is 1. The van der Waals surface area contributed by atoms with Gasteiger partial charge in [0.15, 0.2) is 17.5 Å². The second-order valence-corrected chi connectivity index (χ2v) is 6.66. The molecule has 1 heterocycles. The number of thiazole rings is 1. The average Bonchev–Trinajstić information content (AvgIpc) is 3.14. The molecule has 0 bridgehead atoms. The zero-order valence-corrected chi connectivity index (χ0v) is 16.0. The molecule has 0 saturated heterocycles. The van der Waals surface area contributed by atoms with Crippen LogP contribution in [0.25, 0.3) is 11.3 Å². The number of rotatable bonds is 7. The van der Waals surface area contributed by atoms with E-state index in [1.54, 1.807) is 13.2 Å². The maximum atomic E-state index is 12.1. The molecule has 1 N–H and O–H groups in total. The molecule has 0 unspecified atom stereocenters. The smallest absolute Gasteiger partial charge is 0.310 e. The van der Waals surface area contributed by atoms with Crippen molar-refractivity contribution in [1.82, 2.24) is 4.98 Å². The molecule has 0 spiro atoms. The lowest BCUT2D eigenvalue weighted by atomic mass is 10.1. The summed E-state index contributed by atoms with van der Waals surface area (Å²) in [5.41, 5.74) is 2.38. The van der Waals surface area contributed by atoms with Crippen LogP contribution in [0.2, 0.25) is 0 Å². The first-order chi connectivity index (χ1) is 13.5. The third-order valence-electron chi connectivity index (χ3n) is 3.80. The van der Waals surface area contributed by atoms with Crippen LogP contribution in [0.4, 0.5) is 10.8 Å². The number of hydrogen-bond acceptors (Lipinski definition) is 7. The van der Waals surface area contributed by atoms with E-state index in [0.717, 1.165) is 11.1 Å². The molecule has 28 heavy (non-hydrogen) atoms. The number of carbonyl (C=O) groups excluding carboxylic acids is 1. The van der Waals surface area contributed by atoms with Gasteiger partial charge in [0.1, 0.15) is 5.75 Å². The van der Waals surface area contributed by atoms with Crippen molar-refractivity contribution in [2.45, 2.75) is 6.92 Å². The monoisotopic (exact) mass is 399 g/mol. The van der Waals surface area contributed by atoms with Crippen molar-refractivity contribution in [1.29, 1.82) is 0 Å². The molecule has 0 saturated carbocycles. The highest BCUT2D eigenvalue weighted by Crippen LogP contribution is 2.33. The zero-order chi connectivity index (χ0) is 20.1. The molecule has 144 valence electrons. The minimum Gasteiger partial charge on any atom is -0.496 e. The van der Waals surface area contributed by atoms with Gasteiger partial charge in [-0.15, -0.1) is 11.3 Å². The Morgan fingerprint density at radius 2 is 2.04 bits per heavy atom. The summed E-state index contributed by atoms with van der Waals surface area (Å²) in [7, 11) is 1.59. The summed E-state index contributed by atoms with van der Waals surface area (Å²) in [5.74, 6) is 0.260. The van der Waals surface area contributed by atoms with Gasteiger partial charge in [-0.3, -0.25) is 20.2 Å². The molecular weight excluding hydrogens is 382 g/mol. The number of methoxy groups -OCH3 is 1. The van der Waals surface area contributed by atoms with E-state index < -0.39 is 10.8 Å². The number of benzene rings is 2. The highest BCUT2D eigenvalue weighted by Gasteiger charge is 2.16. The van der Waals surface area contributed by atoms with Gasteiger partial charge in [-0.25, -0.2) is 4.98 Å². The summed E-state index contributed by atoms with van der Waals surface area (Å²) in [6.07, 6.45) is 0. The summed E-state index contributed by atoms with van der Waals surface area (Å²) in [6.45, 7) is 1.60. The fourth-order valence-electron chi connectivity index (χ4n) is 2.51. The number of aryl methyl sites for hydroxylation is 1. The molecule has 1 amide bonds. The molecule has 0 aliphatic heterocycles. The summed E-state index contributed by atoms with van der Waals surface area (Å²) >= 11 is 1.27. The van der Waals surface area contributed by atoms with E-state index in [1.807, 2.05) is 30.5 Å². The van der Waals surface area contributed by atoms with Crippen molar-refractivity contribution in [3.05, 3.63) is 63.5 Å². The van der Waals surface area contributed by atoms with Crippen LogP contribution in [0.3, 0.4) is 0 Å². The second kappa shape index (κ2) is 8.49. The molecule has 8 nitrogen and oxygen atoms in total. The van der Waals surface area contributed by atoms with Crippen LogP contribution in [0.15, 0.2) is 47.8 Å². The van der Waals surface area contributed by atoms with Crippen molar-refractivity contribution in [3.8, 4) is 22.8 Å². The van der Waals surface area contributed by atoms with Gasteiger partial charge in [-0.2, -0.15) is 0 Å². The van der Waals surface area contributed by atoms with Gasteiger partial charge in [0.05, 0.1) is 17.7 Å². The van der Waals surface area contributed by atoms with E-state index in [1.165, 1.54) is 29.5 Å². The Morgan fingerprint density at radius 3 is 2.79 bits per heavy atom. The van der Waals surface area contributed by atoms with Gasteiger partial charge in [0.25, 0.3) is 5.91 Å². The minimum atomic E-state index is -0.560. The number of ether oxygens (including phenoxy) is 2. The summed E-state index contributed by atoms with van der Waals surface area (Å²) in [5, 5.41) is 15.8. The Balaban J connectivity index is 1.67. The van der Waals surface area contributed by atoms with Crippen molar-refractivity contribution in [3.63, 3.8) is 0 Å². The molecule has 0 aliphatic rings. The van der Waals surface area contributed by atoms with E-state index in [0.29, 0.717) is 16.6 Å². The first kappa shape index (κ1) is 19.3. The number of nitrogens with zero attached hydrogens (tertiary/aromatic N) is 2. The molecule has 2 aromatic carbocycles. The Kier molecular flexibility index (Phi) is 5.85. The molecule has 0 radical (unpaired) electrons. The summed E-state index contributed by atoms with van der Waals surface area (Å²) < 4.78 is 10.6. The van der Waals surface area contributed by atoms with Crippen molar-refractivity contribution >= 4 is 28.1 Å². The van der Waals surface area contributed by atoms with Gasteiger partial charge >= 0.3 is 5.69 Å². The van der Waals surface area contributed by atoms with Crippen LogP contribution in [0.1, 0.15) is 5.56 Å². The summed E-state index contributed by atoms with van der Waals surface area (Å²) in [6, 6.07) is 11.6. The number of hydrogen-bond donors (Lipinski definition) is 1. The number of aromatic nitrogens is 1. The first-order valence-electron chi connectivity index (χ1n) is 8.24. The molecule has 3 rings (SSSR count). The predicted molar refractivity (Wildman–Crippen MR) is 106 cm³/mol. The van der Waals surface area contributed by atoms with Crippen molar-refractivity contribution in [2.75, 3.05) is 19.0 Å². The fourth-order valence-corrected chi connectivity index (χ4v) is 3.23. The Morgan fingerprint density at radius 1 is 1.25 bits per heavy atom. The molecule has 3 aromatic rings. The lowest BCUT2D eigenvalue weighted by Gasteiger charge is -2.07. The highest BCUT2D eigenvalue weighted by molar-refractivity contribution is 7.14. The Hall–Kier alpha value is -3.46. The zero-order valence-electron chi connectivity index (χ0n) is 15.2. The van der Waals surface area contributed by atoms with Gasteiger partial charge < -0.3 is 9.47 Å². The lowest BCUT2D eigenvalue weighted by Crippen LogP contribution is -2.20.